The molecule has 1 aromatic rings. The van der Waals surface area contributed by atoms with E-state index in [1.165, 1.54) is 7.11 Å². The maximum absolute atomic E-state index is 12.5. The Bertz CT molecular complexity index is 511. The number of carbonyl (C=O) groups is 2. The largest absolute Gasteiger partial charge is 0.496 e. The van der Waals surface area contributed by atoms with Gasteiger partial charge in [-0.25, -0.2) is 0 Å². The summed E-state index contributed by atoms with van der Waals surface area (Å²) < 4.78 is 9.92. The normalized spacial score (nSPS) is 12.1. The lowest BCUT2D eigenvalue weighted by molar-refractivity contribution is -0.140. The van der Waals surface area contributed by atoms with Crippen molar-refractivity contribution in [3.8, 4) is 5.75 Å². The first-order chi connectivity index (χ1) is 9.94. The summed E-state index contributed by atoms with van der Waals surface area (Å²) in [5.74, 6) is 0.449. The van der Waals surface area contributed by atoms with E-state index in [2.05, 4.69) is 10.1 Å². The number of ether oxygens (including phenoxy) is 2. The van der Waals surface area contributed by atoms with Gasteiger partial charge in [0.1, 0.15) is 5.75 Å². The van der Waals surface area contributed by atoms with Gasteiger partial charge in [0.05, 0.1) is 26.7 Å². The van der Waals surface area contributed by atoms with E-state index in [1.807, 2.05) is 19.9 Å². The first kappa shape index (κ1) is 17.2. The van der Waals surface area contributed by atoms with E-state index in [-0.39, 0.29) is 18.1 Å². The molecule has 0 aliphatic rings. The van der Waals surface area contributed by atoms with E-state index in [1.54, 1.807) is 26.3 Å². The first-order valence-electron chi connectivity index (χ1n) is 6.90. The molecule has 0 fully saturated rings. The Labute approximate surface area is 125 Å². The molecule has 1 aromatic carbocycles. The van der Waals surface area contributed by atoms with E-state index < -0.39 is 12.0 Å². The van der Waals surface area contributed by atoms with E-state index >= 15 is 0 Å². The molecule has 0 heterocycles. The summed E-state index contributed by atoms with van der Waals surface area (Å²) in [5, 5.41) is 2.86. The summed E-state index contributed by atoms with van der Waals surface area (Å²) >= 11 is 0. The molecule has 0 spiro atoms. The smallest absolute Gasteiger partial charge is 0.307 e. The molecule has 0 radical (unpaired) electrons. The summed E-state index contributed by atoms with van der Waals surface area (Å²) in [6.45, 7) is 4.08. The van der Waals surface area contributed by atoms with Crippen molar-refractivity contribution in [1.82, 2.24) is 5.32 Å². The van der Waals surface area contributed by atoms with Crippen molar-refractivity contribution < 1.29 is 19.1 Å². The topological polar surface area (TPSA) is 64.6 Å². The molecule has 0 aliphatic carbocycles. The third kappa shape index (κ3) is 4.29. The minimum absolute atomic E-state index is 0.00880. The molecule has 1 rings (SSSR count). The average Bonchev–Trinajstić information content (AvgIpc) is 2.50. The van der Waals surface area contributed by atoms with Crippen LogP contribution in [0.4, 0.5) is 0 Å². The number of likely N-dealkylation sites (N-methyl/N-ethyl adjacent to an activating group) is 1. The van der Waals surface area contributed by atoms with Crippen LogP contribution in [0.25, 0.3) is 0 Å². The maximum Gasteiger partial charge on any atom is 0.307 e. The summed E-state index contributed by atoms with van der Waals surface area (Å²) in [6, 6.07) is 4.74. The highest BCUT2D eigenvalue weighted by atomic mass is 16.5. The number of benzene rings is 1. The second-order valence-electron chi connectivity index (χ2n) is 5.10. The van der Waals surface area contributed by atoms with Gasteiger partial charge in [0.15, 0.2) is 5.78 Å². The molecule has 0 aromatic heterocycles. The van der Waals surface area contributed by atoms with Crippen LogP contribution in [0.2, 0.25) is 0 Å². The van der Waals surface area contributed by atoms with E-state index in [9.17, 15) is 9.59 Å². The van der Waals surface area contributed by atoms with Crippen LogP contribution in [0.1, 0.15) is 42.1 Å². The monoisotopic (exact) mass is 293 g/mol. The molecule has 5 nitrogen and oxygen atoms in total. The molecule has 0 aliphatic heterocycles. The van der Waals surface area contributed by atoms with Gasteiger partial charge in [-0.3, -0.25) is 9.59 Å². The number of hydrogen-bond acceptors (Lipinski definition) is 5. The molecular formula is C16H23NO4. The van der Waals surface area contributed by atoms with Crippen molar-refractivity contribution in [3.05, 3.63) is 29.3 Å². The summed E-state index contributed by atoms with van der Waals surface area (Å²) in [5.41, 5.74) is 1.53. The van der Waals surface area contributed by atoms with Gasteiger partial charge in [0.25, 0.3) is 0 Å². The zero-order valence-corrected chi connectivity index (χ0v) is 13.2. The Morgan fingerprint density at radius 2 is 1.90 bits per heavy atom. The summed E-state index contributed by atoms with van der Waals surface area (Å²) in [4.78, 5) is 23.8. The number of carbonyl (C=O) groups excluding carboxylic acids is 2. The highest BCUT2D eigenvalue weighted by Gasteiger charge is 2.23. The number of rotatable bonds is 7. The summed E-state index contributed by atoms with van der Waals surface area (Å²) in [6.07, 6.45) is 0.00880. The predicted molar refractivity (Wildman–Crippen MR) is 80.9 cm³/mol. The number of Topliss-reactive ketones (excluding diaryl/α,β-unsaturated/α-hetero) is 1. The van der Waals surface area contributed by atoms with Crippen LogP contribution in [0.3, 0.4) is 0 Å². The number of methoxy groups -OCH3 is 2. The Morgan fingerprint density at radius 1 is 1.24 bits per heavy atom. The van der Waals surface area contributed by atoms with Gasteiger partial charge >= 0.3 is 5.97 Å². The second-order valence-corrected chi connectivity index (χ2v) is 5.10. The number of esters is 1. The first-order valence-corrected chi connectivity index (χ1v) is 6.90. The lowest BCUT2D eigenvalue weighted by Gasteiger charge is -2.17. The molecule has 0 saturated carbocycles. The van der Waals surface area contributed by atoms with Crippen molar-refractivity contribution in [2.24, 2.45) is 0 Å². The number of nitrogens with one attached hydrogen (secondary N) is 1. The minimum Gasteiger partial charge on any atom is -0.496 e. The predicted octanol–water partition coefficient (Wildman–Crippen LogP) is 2.15. The zero-order chi connectivity index (χ0) is 16.0. The molecule has 1 unspecified atom stereocenters. The maximum atomic E-state index is 12.5. The molecule has 0 amide bonds. The fraction of sp³-hybridized carbons (Fsp3) is 0.500. The zero-order valence-electron chi connectivity index (χ0n) is 13.2. The van der Waals surface area contributed by atoms with Gasteiger partial charge in [-0.15, -0.1) is 0 Å². The van der Waals surface area contributed by atoms with Crippen molar-refractivity contribution in [2.75, 3.05) is 21.3 Å². The van der Waals surface area contributed by atoms with E-state index in [0.717, 1.165) is 11.3 Å². The van der Waals surface area contributed by atoms with Crippen LogP contribution in [-0.2, 0) is 9.53 Å². The summed E-state index contributed by atoms with van der Waals surface area (Å²) in [7, 11) is 4.57. The van der Waals surface area contributed by atoms with Crippen molar-refractivity contribution in [2.45, 2.75) is 32.2 Å². The molecule has 0 bridgehead atoms. The third-order valence-electron chi connectivity index (χ3n) is 3.40. The van der Waals surface area contributed by atoms with E-state index in [4.69, 9.17) is 4.74 Å². The van der Waals surface area contributed by atoms with Crippen molar-refractivity contribution >= 4 is 11.8 Å². The molecule has 1 N–H and O–H groups in total. The van der Waals surface area contributed by atoms with E-state index in [0.29, 0.717) is 5.56 Å². The minimum atomic E-state index is -0.592. The molecule has 116 valence electrons. The van der Waals surface area contributed by atoms with Crippen LogP contribution >= 0.6 is 0 Å². The lowest BCUT2D eigenvalue weighted by atomic mass is 9.95. The molecule has 21 heavy (non-hydrogen) atoms. The molecule has 5 heteroatoms. The van der Waals surface area contributed by atoms with Crippen LogP contribution < -0.4 is 10.1 Å². The Balaban J connectivity index is 3.05. The van der Waals surface area contributed by atoms with Crippen LogP contribution in [0.5, 0.6) is 5.75 Å². The molecule has 1 atom stereocenters. The fourth-order valence-electron chi connectivity index (χ4n) is 2.12. The van der Waals surface area contributed by atoms with Gasteiger partial charge < -0.3 is 14.8 Å². The average molecular weight is 293 g/mol. The lowest BCUT2D eigenvalue weighted by Crippen LogP contribution is -2.36. The van der Waals surface area contributed by atoms with Gasteiger partial charge in [0, 0.05) is 5.56 Å². The quantitative estimate of drug-likeness (QED) is 0.616. The van der Waals surface area contributed by atoms with Crippen LogP contribution in [0.15, 0.2) is 18.2 Å². The Morgan fingerprint density at radius 3 is 2.38 bits per heavy atom. The Kier molecular flexibility index (Phi) is 6.37. The van der Waals surface area contributed by atoms with Crippen molar-refractivity contribution in [1.29, 1.82) is 0 Å². The Hall–Kier alpha value is -1.88. The van der Waals surface area contributed by atoms with Gasteiger partial charge in [-0.05, 0) is 36.7 Å². The highest BCUT2D eigenvalue weighted by molar-refractivity contribution is 6.02. The number of hydrogen-bond donors (Lipinski definition) is 1. The van der Waals surface area contributed by atoms with Crippen LogP contribution in [-0.4, -0.2) is 39.1 Å². The van der Waals surface area contributed by atoms with Crippen LogP contribution in [0, 0.1) is 0 Å². The van der Waals surface area contributed by atoms with Gasteiger partial charge in [-0.2, -0.15) is 0 Å². The fourth-order valence-corrected chi connectivity index (χ4v) is 2.12. The standard InChI is InChI=1S/C16H23NO4/c1-10(2)12-8-11(6-7-14(12)20-4)16(19)13(17-3)9-15(18)21-5/h6-8,10,13,17H,9H2,1-5H3. The molecule has 0 saturated heterocycles. The van der Waals surface area contributed by atoms with Gasteiger partial charge in [-0.1, -0.05) is 13.8 Å². The number of ketones is 1. The second kappa shape index (κ2) is 7.78. The van der Waals surface area contributed by atoms with Crippen molar-refractivity contribution in [3.63, 3.8) is 0 Å². The highest BCUT2D eigenvalue weighted by Crippen LogP contribution is 2.27. The van der Waals surface area contributed by atoms with Gasteiger partial charge in [0.2, 0.25) is 0 Å². The molecular weight excluding hydrogens is 270 g/mol. The SMILES string of the molecule is CNC(CC(=O)OC)C(=O)c1ccc(OC)c(C(C)C)c1. The third-order valence-corrected chi connectivity index (χ3v) is 3.40.